The Hall–Kier alpha value is -0.900. The molecule has 1 aromatic heterocycles. The van der Waals surface area contributed by atoms with Gasteiger partial charge in [0.1, 0.15) is 11.6 Å². The van der Waals surface area contributed by atoms with E-state index in [1.54, 1.807) is 0 Å². The Kier molecular flexibility index (Phi) is 5.46. The first-order chi connectivity index (χ1) is 7.72. The maximum atomic E-state index is 4.55. The highest BCUT2D eigenvalue weighted by Crippen LogP contribution is 2.18. The van der Waals surface area contributed by atoms with E-state index in [1.807, 2.05) is 30.9 Å². The van der Waals surface area contributed by atoms with Gasteiger partial charge in [-0.05, 0) is 24.8 Å². The molecule has 3 nitrogen and oxygen atoms in total. The van der Waals surface area contributed by atoms with Crippen LogP contribution in [0.2, 0.25) is 0 Å². The van der Waals surface area contributed by atoms with E-state index >= 15 is 0 Å². The van der Waals surface area contributed by atoms with Crippen LogP contribution < -0.4 is 10.2 Å². The molecule has 0 spiro atoms. The second-order valence-electron chi connectivity index (χ2n) is 3.76. The molecule has 0 fully saturated rings. The van der Waals surface area contributed by atoms with Crippen LogP contribution in [-0.2, 0) is 0 Å². The zero-order valence-electron chi connectivity index (χ0n) is 10.5. The predicted molar refractivity (Wildman–Crippen MR) is 74.6 cm³/mol. The largest absolute Gasteiger partial charge is 0.373 e. The summed E-state index contributed by atoms with van der Waals surface area (Å²) < 4.78 is 0. The van der Waals surface area contributed by atoms with Gasteiger partial charge in [-0.2, -0.15) is 11.8 Å². The molecule has 0 saturated heterocycles. The molecule has 0 aliphatic heterocycles. The third-order valence-corrected chi connectivity index (χ3v) is 3.45. The lowest BCUT2D eigenvalue weighted by Gasteiger charge is -2.28. The number of pyridine rings is 1. The summed E-state index contributed by atoms with van der Waals surface area (Å²) in [6.45, 7) is 2.22. The molecular weight excluding hydrogens is 218 g/mol. The number of aromatic nitrogens is 1. The van der Waals surface area contributed by atoms with Gasteiger partial charge in [-0.1, -0.05) is 13.0 Å². The van der Waals surface area contributed by atoms with Crippen molar-refractivity contribution in [3.63, 3.8) is 0 Å². The fraction of sp³-hybridized carbons (Fsp3) is 0.583. The van der Waals surface area contributed by atoms with E-state index in [0.29, 0.717) is 6.04 Å². The molecule has 0 aliphatic carbocycles. The Balaban J connectivity index is 2.80. The van der Waals surface area contributed by atoms with Crippen molar-refractivity contribution in [1.82, 2.24) is 4.98 Å². The van der Waals surface area contributed by atoms with Gasteiger partial charge in [-0.25, -0.2) is 4.98 Å². The molecule has 1 N–H and O–H groups in total. The maximum absolute atomic E-state index is 4.55. The van der Waals surface area contributed by atoms with Gasteiger partial charge in [0.05, 0.1) is 0 Å². The minimum Gasteiger partial charge on any atom is -0.373 e. The van der Waals surface area contributed by atoms with E-state index in [0.717, 1.165) is 23.8 Å². The number of rotatable bonds is 6. The molecule has 0 aromatic carbocycles. The van der Waals surface area contributed by atoms with Crippen LogP contribution in [0.25, 0.3) is 0 Å². The van der Waals surface area contributed by atoms with Gasteiger partial charge in [-0.3, -0.25) is 0 Å². The molecule has 1 heterocycles. The summed E-state index contributed by atoms with van der Waals surface area (Å²) in [5.41, 5.74) is 0. The highest BCUT2D eigenvalue weighted by Gasteiger charge is 2.13. The van der Waals surface area contributed by atoms with Gasteiger partial charge in [0.25, 0.3) is 0 Å². The average Bonchev–Trinajstić information content (AvgIpc) is 2.35. The summed E-state index contributed by atoms with van der Waals surface area (Å²) in [4.78, 5) is 6.81. The van der Waals surface area contributed by atoms with E-state index in [1.165, 1.54) is 0 Å². The Morgan fingerprint density at radius 1 is 1.50 bits per heavy atom. The summed E-state index contributed by atoms with van der Waals surface area (Å²) in [7, 11) is 4.01. The van der Waals surface area contributed by atoms with Gasteiger partial charge in [0.2, 0.25) is 0 Å². The predicted octanol–water partition coefficient (Wildman–Crippen LogP) is 2.70. The quantitative estimate of drug-likeness (QED) is 0.826. The molecule has 0 saturated carbocycles. The summed E-state index contributed by atoms with van der Waals surface area (Å²) in [6, 6.07) is 6.63. The molecule has 0 amide bonds. The molecule has 1 aromatic rings. The maximum Gasteiger partial charge on any atom is 0.130 e. The van der Waals surface area contributed by atoms with E-state index < -0.39 is 0 Å². The molecule has 0 aliphatic rings. The van der Waals surface area contributed by atoms with Crippen molar-refractivity contribution in [3.8, 4) is 0 Å². The second kappa shape index (κ2) is 6.63. The van der Waals surface area contributed by atoms with Crippen LogP contribution in [0.1, 0.15) is 13.3 Å². The average molecular weight is 239 g/mol. The highest BCUT2D eigenvalue weighted by molar-refractivity contribution is 7.98. The molecule has 1 rings (SSSR count). The summed E-state index contributed by atoms with van der Waals surface area (Å²) in [5.74, 6) is 3.09. The Labute approximate surface area is 103 Å². The number of hydrogen-bond donors (Lipinski definition) is 1. The number of nitrogens with one attached hydrogen (secondary N) is 1. The molecule has 16 heavy (non-hydrogen) atoms. The second-order valence-corrected chi connectivity index (χ2v) is 4.67. The standard InChI is InChI=1S/C12H21N3S/c1-5-10(9-16-4)15(3)12-8-6-7-11(13-2)14-12/h6-8,10H,5,9H2,1-4H3,(H,13,14). The van der Waals surface area contributed by atoms with Crippen LogP contribution >= 0.6 is 11.8 Å². The third kappa shape index (κ3) is 3.30. The van der Waals surface area contributed by atoms with Crippen LogP contribution in [-0.4, -0.2) is 37.1 Å². The first-order valence-corrected chi connectivity index (χ1v) is 6.98. The van der Waals surface area contributed by atoms with Crippen molar-refractivity contribution >= 4 is 23.4 Å². The minimum atomic E-state index is 0.551. The van der Waals surface area contributed by atoms with Crippen molar-refractivity contribution in [1.29, 1.82) is 0 Å². The Morgan fingerprint density at radius 2 is 2.25 bits per heavy atom. The molecule has 1 unspecified atom stereocenters. The first-order valence-electron chi connectivity index (χ1n) is 5.59. The van der Waals surface area contributed by atoms with Crippen molar-refractivity contribution in [2.45, 2.75) is 19.4 Å². The summed E-state index contributed by atoms with van der Waals surface area (Å²) in [5, 5.41) is 3.07. The van der Waals surface area contributed by atoms with Crippen molar-refractivity contribution < 1.29 is 0 Å². The fourth-order valence-corrected chi connectivity index (χ4v) is 2.49. The lowest BCUT2D eigenvalue weighted by molar-refractivity contribution is 0.666. The van der Waals surface area contributed by atoms with Gasteiger partial charge in [0, 0.05) is 25.9 Å². The lowest BCUT2D eigenvalue weighted by Crippen LogP contribution is -2.33. The SMILES string of the molecule is CCC(CSC)N(C)c1cccc(NC)n1. The lowest BCUT2D eigenvalue weighted by atomic mass is 10.2. The monoisotopic (exact) mass is 239 g/mol. The van der Waals surface area contributed by atoms with E-state index in [-0.39, 0.29) is 0 Å². The molecular formula is C12H21N3S. The molecule has 4 heteroatoms. The van der Waals surface area contributed by atoms with Gasteiger partial charge in [0.15, 0.2) is 0 Å². The van der Waals surface area contributed by atoms with Crippen molar-refractivity contribution in [2.24, 2.45) is 0 Å². The smallest absolute Gasteiger partial charge is 0.130 e. The van der Waals surface area contributed by atoms with E-state index in [2.05, 4.69) is 41.5 Å². The Bertz CT molecular complexity index is 317. The molecule has 90 valence electrons. The fourth-order valence-electron chi connectivity index (χ4n) is 1.64. The highest BCUT2D eigenvalue weighted by atomic mass is 32.2. The summed E-state index contributed by atoms with van der Waals surface area (Å²) in [6.07, 6.45) is 3.29. The molecule has 1 atom stereocenters. The van der Waals surface area contributed by atoms with Crippen LogP contribution in [0.3, 0.4) is 0 Å². The normalized spacial score (nSPS) is 12.2. The van der Waals surface area contributed by atoms with Crippen molar-refractivity contribution in [3.05, 3.63) is 18.2 Å². The number of nitrogens with zero attached hydrogens (tertiary/aromatic N) is 2. The molecule has 0 bridgehead atoms. The zero-order valence-corrected chi connectivity index (χ0v) is 11.3. The Morgan fingerprint density at radius 3 is 2.81 bits per heavy atom. The number of anilines is 2. The van der Waals surface area contributed by atoms with Crippen LogP contribution in [0.4, 0.5) is 11.6 Å². The van der Waals surface area contributed by atoms with Gasteiger partial charge >= 0.3 is 0 Å². The minimum absolute atomic E-state index is 0.551. The molecule has 0 radical (unpaired) electrons. The summed E-state index contributed by atoms with van der Waals surface area (Å²) >= 11 is 1.88. The topological polar surface area (TPSA) is 28.2 Å². The number of thioether (sulfide) groups is 1. The van der Waals surface area contributed by atoms with Gasteiger partial charge < -0.3 is 10.2 Å². The van der Waals surface area contributed by atoms with Crippen LogP contribution in [0.15, 0.2) is 18.2 Å². The van der Waals surface area contributed by atoms with Crippen LogP contribution in [0.5, 0.6) is 0 Å². The first kappa shape index (κ1) is 13.2. The van der Waals surface area contributed by atoms with Crippen LogP contribution in [0, 0.1) is 0 Å². The third-order valence-electron chi connectivity index (χ3n) is 2.73. The van der Waals surface area contributed by atoms with Gasteiger partial charge in [-0.15, -0.1) is 0 Å². The van der Waals surface area contributed by atoms with E-state index in [9.17, 15) is 0 Å². The van der Waals surface area contributed by atoms with E-state index in [4.69, 9.17) is 0 Å². The zero-order chi connectivity index (χ0) is 12.0. The number of hydrogen-bond acceptors (Lipinski definition) is 4. The van der Waals surface area contributed by atoms with Crippen molar-refractivity contribution in [2.75, 3.05) is 36.3 Å².